The van der Waals surface area contributed by atoms with Gasteiger partial charge in [0.2, 0.25) is 5.95 Å². The van der Waals surface area contributed by atoms with Crippen LogP contribution < -0.4 is 20.8 Å². The maximum Gasteiger partial charge on any atom is 0.341 e. The highest BCUT2D eigenvalue weighted by molar-refractivity contribution is 7.54. The molecule has 2 fully saturated rings. The Kier molecular flexibility index (Phi) is 11.6. The summed E-state index contributed by atoms with van der Waals surface area (Å²) in [6.07, 6.45) is -0.000102. The molecule has 0 radical (unpaired) electrons. The van der Waals surface area contributed by atoms with Crippen molar-refractivity contribution in [3.63, 3.8) is 0 Å². The van der Waals surface area contributed by atoms with E-state index in [0.717, 1.165) is 0 Å². The van der Waals surface area contributed by atoms with E-state index in [1.165, 1.54) is 6.33 Å². The monoisotopic (exact) mass is 684 g/mol. The normalized spacial score (nSPS) is 28.0. The fraction of sp³-hybridized carbons (Fsp3) is 0.800. The first-order chi connectivity index (χ1) is 22.0. The standard InChI is InChI=1S/C30H53N8O8P/c1-10-43-14-19(12-17(3)4)35-47(42,36-20(13-18(5)6)26(40)44-11-2)45-15-21-23(39)30(41)27(29(30,7)46-21)38-16-32-22-24(37(8)9)33-28(31)34-25(22)38/h16-21,23,27,39,41H,10-15H2,1-9H3,(H2,31,33,34)(H2,35,36,42). The highest BCUT2D eigenvalue weighted by Gasteiger charge is 2.85. The van der Waals surface area contributed by atoms with Gasteiger partial charge in [-0.15, -0.1) is 0 Å². The highest BCUT2D eigenvalue weighted by Crippen LogP contribution is 2.68. The predicted octanol–water partition coefficient (Wildman–Crippen LogP) is 2.01. The molecule has 1 aliphatic carbocycles. The van der Waals surface area contributed by atoms with Crippen molar-refractivity contribution in [1.82, 2.24) is 29.7 Å². The van der Waals surface area contributed by atoms with Crippen LogP contribution >= 0.6 is 7.67 Å². The van der Waals surface area contributed by atoms with Crippen LogP contribution in [0, 0.1) is 11.8 Å². The molecule has 0 amide bonds. The number of fused-ring (bicyclic) bond motifs is 2. The Balaban J connectivity index is 1.57. The Labute approximate surface area is 276 Å². The van der Waals surface area contributed by atoms with Crippen molar-refractivity contribution in [2.45, 2.75) is 103 Å². The van der Waals surface area contributed by atoms with Crippen LogP contribution in [0.3, 0.4) is 0 Å². The van der Waals surface area contributed by atoms with Gasteiger partial charge in [0.1, 0.15) is 35.5 Å². The lowest BCUT2D eigenvalue weighted by molar-refractivity contribution is -0.145. The van der Waals surface area contributed by atoms with Gasteiger partial charge in [-0.2, -0.15) is 9.97 Å². The second kappa shape index (κ2) is 14.6. The Bertz CT molecular complexity index is 1440. The molecular formula is C30H53N8O8P. The van der Waals surface area contributed by atoms with Gasteiger partial charge in [0, 0.05) is 26.7 Å². The number of esters is 1. The van der Waals surface area contributed by atoms with Crippen LogP contribution in [-0.4, -0.2) is 112 Å². The van der Waals surface area contributed by atoms with Crippen LogP contribution in [0.25, 0.3) is 11.2 Å². The summed E-state index contributed by atoms with van der Waals surface area (Å²) in [7, 11) is -0.399. The van der Waals surface area contributed by atoms with Gasteiger partial charge >= 0.3 is 13.6 Å². The van der Waals surface area contributed by atoms with Gasteiger partial charge in [0.15, 0.2) is 17.0 Å². The topological polar surface area (TPSA) is 208 Å². The number of carbonyl (C=O) groups is 1. The maximum absolute atomic E-state index is 14.6. The lowest BCUT2D eigenvalue weighted by atomic mass is 10.1. The van der Waals surface area contributed by atoms with Crippen LogP contribution in [0.4, 0.5) is 11.8 Å². The number of rotatable bonds is 18. The largest absolute Gasteiger partial charge is 0.465 e. The quantitative estimate of drug-likeness (QED) is 0.112. The van der Waals surface area contributed by atoms with Crippen molar-refractivity contribution in [2.24, 2.45) is 11.8 Å². The Hall–Kier alpha value is -2.43. The molecule has 2 aliphatic rings. The fourth-order valence-corrected chi connectivity index (χ4v) is 8.38. The van der Waals surface area contributed by atoms with Crippen LogP contribution in [0.5, 0.6) is 0 Å². The van der Waals surface area contributed by atoms with E-state index in [9.17, 15) is 19.6 Å². The molecule has 1 saturated heterocycles. The zero-order valence-corrected chi connectivity index (χ0v) is 29.9. The summed E-state index contributed by atoms with van der Waals surface area (Å²) in [5, 5.41) is 29.3. The molecule has 1 saturated carbocycles. The van der Waals surface area contributed by atoms with E-state index in [1.807, 2.05) is 34.6 Å². The van der Waals surface area contributed by atoms with Crippen LogP contribution in [0.1, 0.15) is 67.3 Å². The average molecular weight is 685 g/mol. The number of hydrogen-bond donors (Lipinski definition) is 5. The Morgan fingerprint density at radius 3 is 2.40 bits per heavy atom. The minimum atomic E-state index is -4.01. The van der Waals surface area contributed by atoms with Crippen LogP contribution in [0.2, 0.25) is 0 Å². The van der Waals surface area contributed by atoms with E-state index >= 15 is 0 Å². The van der Waals surface area contributed by atoms with Gasteiger partial charge in [0.05, 0.1) is 26.1 Å². The first kappa shape index (κ1) is 37.4. The molecule has 0 aromatic carbocycles. The van der Waals surface area contributed by atoms with Crippen LogP contribution in [-0.2, 0) is 28.1 Å². The van der Waals surface area contributed by atoms with E-state index in [1.54, 1.807) is 37.4 Å². The number of hydrogen-bond acceptors (Lipinski definition) is 13. The molecule has 2 aromatic rings. The average Bonchev–Trinajstić information content (AvgIpc) is 3.18. The smallest absolute Gasteiger partial charge is 0.341 e. The number of anilines is 2. The zero-order chi connectivity index (χ0) is 34.9. The molecule has 1 aliphatic heterocycles. The molecule has 2 aromatic heterocycles. The minimum absolute atomic E-state index is 0.0353. The van der Waals surface area contributed by atoms with E-state index in [-0.39, 0.29) is 43.6 Å². The number of nitrogens with zero attached hydrogens (tertiary/aromatic N) is 5. The summed E-state index contributed by atoms with van der Waals surface area (Å²) in [5.41, 5.74) is 3.86. The molecule has 6 N–H and O–H groups in total. The predicted molar refractivity (Wildman–Crippen MR) is 177 cm³/mol. The fourth-order valence-electron chi connectivity index (χ4n) is 6.51. The van der Waals surface area contributed by atoms with Crippen molar-refractivity contribution >= 4 is 36.6 Å². The first-order valence-corrected chi connectivity index (χ1v) is 17.9. The van der Waals surface area contributed by atoms with Gasteiger partial charge in [-0.05, 0) is 45.4 Å². The van der Waals surface area contributed by atoms with E-state index in [0.29, 0.717) is 36.4 Å². The zero-order valence-electron chi connectivity index (χ0n) is 29.0. The third-order valence-electron chi connectivity index (χ3n) is 8.63. The van der Waals surface area contributed by atoms with Crippen molar-refractivity contribution in [3.8, 4) is 0 Å². The molecule has 17 heteroatoms. The number of carbonyl (C=O) groups excluding carboxylic acids is 1. The number of nitrogen functional groups attached to an aromatic ring is 1. The Morgan fingerprint density at radius 1 is 1.17 bits per heavy atom. The number of aliphatic hydroxyl groups excluding tert-OH is 1. The van der Waals surface area contributed by atoms with E-state index in [2.05, 4.69) is 25.1 Å². The third-order valence-corrected chi connectivity index (χ3v) is 10.5. The molecule has 8 atom stereocenters. The number of aromatic nitrogens is 4. The number of imidazole rings is 1. The molecule has 3 heterocycles. The summed E-state index contributed by atoms with van der Waals surface area (Å²) in [6.45, 7) is 13.8. The summed E-state index contributed by atoms with van der Waals surface area (Å²) in [6, 6.07) is -2.05. The van der Waals surface area contributed by atoms with Gasteiger partial charge in [0.25, 0.3) is 0 Å². The SMILES string of the molecule is CCOCC(CC(C)C)NP(=O)(NC(CC(C)C)C(=O)OCC)OCC1OC2(C)C(n3cnc4c(N(C)C)nc(N)nc43)C2(O)C1O. The third kappa shape index (κ3) is 7.59. The highest BCUT2D eigenvalue weighted by atomic mass is 31.2. The Morgan fingerprint density at radius 2 is 1.85 bits per heavy atom. The summed E-state index contributed by atoms with van der Waals surface area (Å²) < 4.78 is 39.4. The van der Waals surface area contributed by atoms with Crippen LogP contribution in [0.15, 0.2) is 6.33 Å². The number of aliphatic hydroxyl groups is 2. The molecule has 4 rings (SSSR count). The molecule has 0 bridgehead atoms. The minimum Gasteiger partial charge on any atom is -0.465 e. The molecule has 0 spiro atoms. The van der Waals surface area contributed by atoms with Gasteiger partial charge in [-0.25, -0.2) is 15.2 Å². The molecular weight excluding hydrogens is 631 g/mol. The molecule has 8 unspecified atom stereocenters. The first-order valence-electron chi connectivity index (χ1n) is 16.3. The van der Waals surface area contributed by atoms with Crippen molar-refractivity contribution in [2.75, 3.05) is 51.2 Å². The van der Waals surface area contributed by atoms with Gasteiger partial charge in [-0.1, -0.05) is 27.7 Å². The molecule has 266 valence electrons. The number of nitrogens with two attached hydrogens (primary N) is 1. The second-order valence-electron chi connectivity index (χ2n) is 13.6. The maximum atomic E-state index is 14.6. The second-order valence-corrected chi connectivity index (χ2v) is 15.5. The van der Waals surface area contributed by atoms with Crippen molar-refractivity contribution < 1.29 is 38.3 Å². The molecule has 47 heavy (non-hydrogen) atoms. The van der Waals surface area contributed by atoms with Gasteiger partial charge < -0.3 is 44.1 Å². The van der Waals surface area contributed by atoms with Crippen molar-refractivity contribution in [3.05, 3.63) is 6.33 Å². The lowest BCUT2D eigenvalue weighted by Gasteiger charge is -2.31. The summed E-state index contributed by atoms with van der Waals surface area (Å²) in [5.74, 6) is 0.316. The number of ether oxygens (including phenoxy) is 3. The number of nitrogens with one attached hydrogen (secondary N) is 2. The lowest BCUT2D eigenvalue weighted by Crippen LogP contribution is -2.45. The molecule has 16 nitrogen and oxygen atoms in total. The summed E-state index contributed by atoms with van der Waals surface area (Å²) >= 11 is 0. The summed E-state index contributed by atoms with van der Waals surface area (Å²) in [4.78, 5) is 27.8. The van der Waals surface area contributed by atoms with E-state index in [4.69, 9.17) is 24.5 Å². The van der Waals surface area contributed by atoms with Gasteiger partial charge in [-0.3, -0.25) is 9.36 Å². The van der Waals surface area contributed by atoms with Crippen molar-refractivity contribution in [1.29, 1.82) is 0 Å². The van der Waals surface area contributed by atoms with E-state index < -0.39 is 49.1 Å².